The number of aliphatic hydroxyl groups is 1. The molecule has 3 nitrogen and oxygen atoms in total. The molecule has 0 fully saturated rings. The number of hydrogen-bond acceptors (Lipinski definition) is 2. The molecule has 1 atom stereocenters. The number of aromatic nitrogens is 1. The van der Waals surface area contributed by atoms with Gasteiger partial charge in [-0.2, -0.15) is 0 Å². The first kappa shape index (κ1) is 9.24. The van der Waals surface area contributed by atoms with Crippen molar-refractivity contribution in [3.63, 3.8) is 0 Å². The summed E-state index contributed by atoms with van der Waals surface area (Å²) in [7, 11) is 0. The number of para-hydroxylation sites is 1. The zero-order valence-corrected chi connectivity index (χ0v) is 8.12. The third-order valence-electron chi connectivity index (χ3n) is 2.47. The van der Waals surface area contributed by atoms with E-state index in [-0.39, 0.29) is 6.61 Å². The van der Waals surface area contributed by atoms with Crippen molar-refractivity contribution < 1.29 is 5.11 Å². The highest BCUT2D eigenvalue weighted by molar-refractivity contribution is 5.80. The molecule has 74 valence electrons. The van der Waals surface area contributed by atoms with E-state index in [4.69, 9.17) is 10.8 Å². The quantitative estimate of drug-likeness (QED) is 0.669. The average Bonchev–Trinajstić information content (AvgIpc) is 2.61. The predicted octanol–water partition coefficient (Wildman–Crippen LogP) is 1.33. The highest BCUT2D eigenvalue weighted by atomic mass is 16.3. The van der Waals surface area contributed by atoms with Crippen LogP contribution < -0.4 is 5.73 Å². The standard InChI is InChI=1S/C11H14N2O/c1-11(12,7-14)10-6-8-4-2-3-5-9(8)13-10/h2-6,13-14H,7,12H2,1H3/t11-/m0/s1. The second-order valence-electron chi connectivity index (χ2n) is 3.85. The van der Waals surface area contributed by atoms with Gasteiger partial charge in [-0.15, -0.1) is 0 Å². The van der Waals surface area contributed by atoms with Crippen LogP contribution in [0.3, 0.4) is 0 Å². The first-order valence-corrected chi connectivity index (χ1v) is 4.61. The Hall–Kier alpha value is -1.32. The minimum absolute atomic E-state index is 0.0696. The number of nitrogens with one attached hydrogen (secondary N) is 1. The van der Waals surface area contributed by atoms with Crippen LogP contribution in [-0.4, -0.2) is 16.7 Å². The van der Waals surface area contributed by atoms with Crippen LogP contribution in [0.5, 0.6) is 0 Å². The first-order valence-electron chi connectivity index (χ1n) is 4.61. The molecule has 1 aromatic carbocycles. The summed E-state index contributed by atoms with van der Waals surface area (Å²) in [5, 5.41) is 10.2. The second-order valence-corrected chi connectivity index (χ2v) is 3.85. The van der Waals surface area contributed by atoms with Gasteiger partial charge < -0.3 is 15.8 Å². The van der Waals surface area contributed by atoms with E-state index in [1.165, 1.54) is 0 Å². The fourth-order valence-electron chi connectivity index (χ4n) is 1.47. The van der Waals surface area contributed by atoms with Gasteiger partial charge in [0.25, 0.3) is 0 Å². The lowest BCUT2D eigenvalue weighted by molar-refractivity contribution is 0.207. The van der Waals surface area contributed by atoms with Crippen LogP contribution in [0.4, 0.5) is 0 Å². The van der Waals surface area contributed by atoms with Crippen LogP contribution >= 0.6 is 0 Å². The van der Waals surface area contributed by atoms with Crippen LogP contribution in [0, 0.1) is 0 Å². The van der Waals surface area contributed by atoms with Crippen LogP contribution in [0.25, 0.3) is 10.9 Å². The summed E-state index contributed by atoms with van der Waals surface area (Å²) in [5.74, 6) is 0. The van der Waals surface area contributed by atoms with E-state index >= 15 is 0 Å². The van der Waals surface area contributed by atoms with Gasteiger partial charge in [0.05, 0.1) is 12.1 Å². The maximum Gasteiger partial charge on any atom is 0.0767 e. The van der Waals surface area contributed by atoms with E-state index in [1.807, 2.05) is 30.3 Å². The summed E-state index contributed by atoms with van der Waals surface area (Å²) in [5.41, 5.74) is 7.14. The Morgan fingerprint density at radius 3 is 2.79 bits per heavy atom. The Morgan fingerprint density at radius 1 is 1.43 bits per heavy atom. The monoisotopic (exact) mass is 190 g/mol. The van der Waals surface area contributed by atoms with Crippen molar-refractivity contribution in [3.05, 3.63) is 36.0 Å². The smallest absolute Gasteiger partial charge is 0.0767 e. The summed E-state index contributed by atoms with van der Waals surface area (Å²) in [6.07, 6.45) is 0. The SMILES string of the molecule is C[C@](N)(CO)c1cc2ccccc2[nH]1. The van der Waals surface area contributed by atoms with Gasteiger partial charge in [0.1, 0.15) is 0 Å². The molecule has 0 aliphatic carbocycles. The van der Waals surface area contributed by atoms with Crippen molar-refractivity contribution in [3.8, 4) is 0 Å². The largest absolute Gasteiger partial charge is 0.394 e. The van der Waals surface area contributed by atoms with Crippen LogP contribution in [0.15, 0.2) is 30.3 Å². The summed E-state index contributed by atoms with van der Waals surface area (Å²) in [4.78, 5) is 3.20. The molecule has 0 saturated heterocycles. The Morgan fingerprint density at radius 2 is 2.14 bits per heavy atom. The summed E-state index contributed by atoms with van der Waals surface area (Å²) in [6.45, 7) is 1.73. The Bertz CT molecular complexity index is 412. The molecule has 4 N–H and O–H groups in total. The average molecular weight is 190 g/mol. The van der Waals surface area contributed by atoms with Crippen molar-refractivity contribution in [1.29, 1.82) is 0 Å². The van der Waals surface area contributed by atoms with Crippen molar-refractivity contribution in [2.75, 3.05) is 6.61 Å². The van der Waals surface area contributed by atoms with Crippen molar-refractivity contribution in [2.24, 2.45) is 5.73 Å². The molecule has 1 heterocycles. The van der Waals surface area contributed by atoms with Gasteiger partial charge in [0.15, 0.2) is 0 Å². The Balaban J connectivity index is 2.55. The van der Waals surface area contributed by atoms with E-state index in [9.17, 15) is 0 Å². The van der Waals surface area contributed by atoms with E-state index in [0.29, 0.717) is 0 Å². The Kier molecular flexibility index (Phi) is 2.06. The predicted molar refractivity (Wildman–Crippen MR) is 56.9 cm³/mol. The van der Waals surface area contributed by atoms with Crippen molar-refractivity contribution >= 4 is 10.9 Å². The molecule has 2 rings (SSSR count). The highest BCUT2D eigenvalue weighted by Crippen LogP contribution is 2.21. The normalized spacial score (nSPS) is 15.6. The molecule has 0 aliphatic heterocycles. The topological polar surface area (TPSA) is 62.0 Å². The number of nitrogens with two attached hydrogens (primary N) is 1. The number of benzene rings is 1. The lowest BCUT2D eigenvalue weighted by Crippen LogP contribution is -2.37. The van der Waals surface area contributed by atoms with Gasteiger partial charge in [-0.25, -0.2) is 0 Å². The molecule has 0 amide bonds. The second kappa shape index (κ2) is 3.12. The van der Waals surface area contributed by atoms with Gasteiger partial charge >= 0.3 is 0 Å². The molecular formula is C11H14N2O. The molecule has 0 bridgehead atoms. The van der Waals surface area contributed by atoms with Gasteiger partial charge in [0, 0.05) is 11.2 Å². The lowest BCUT2D eigenvalue weighted by atomic mass is 10.0. The maximum absolute atomic E-state index is 9.13. The summed E-state index contributed by atoms with van der Waals surface area (Å²) in [6, 6.07) is 9.93. The third-order valence-corrected chi connectivity index (χ3v) is 2.47. The zero-order valence-electron chi connectivity index (χ0n) is 8.12. The molecule has 3 heteroatoms. The van der Waals surface area contributed by atoms with E-state index in [2.05, 4.69) is 4.98 Å². The molecule has 2 aromatic rings. The number of aliphatic hydroxyl groups excluding tert-OH is 1. The van der Waals surface area contributed by atoms with E-state index in [0.717, 1.165) is 16.6 Å². The lowest BCUT2D eigenvalue weighted by Gasteiger charge is -2.19. The zero-order chi connectivity index (χ0) is 10.2. The first-order chi connectivity index (χ1) is 6.63. The number of hydrogen-bond donors (Lipinski definition) is 3. The molecule has 0 spiro atoms. The van der Waals surface area contributed by atoms with Gasteiger partial charge in [-0.05, 0) is 24.4 Å². The number of H-pyrrole nitrogens is 1. The van der Waals surface area contributed by atoms with E-state index < -0.39 is 5.54 Å². The molecule has 0 unspecified atom stereocenters. The van der Waals surface area contributed by atoms with Crippen LogP contribution in [0.2, 0.25) is 0 Å². The molecular weight excluding hydrogens is 176 g/mol. The molecule has 14 heavy (non-hydrogen) atoms. The van der Waals surface area contributed by atoms with Crippen molar-refractivity contribution in [1.82, 2.24) is 4.98 Å². The van der Waals surface area contributed by atoms with Gasteiger partial charge in [-0.1, -0.05) is 18.2 Å². The Labute approximate surface area is 82.6 Å². The summed E-state index contributed by atoms with van der Waals surface area (Å²) < 4.78 is 0. The van der Waals surface area contributed by atoms with Gasteiger partial charge in [0.2, 0.25) is 0 Å². The molecule has 0 aliphatic rings. The molecule has 0 saturated carbocycles. The van der Waals surface area contributed by atoms with Gasteiger partial charge in [-0.3, -0.25) is 0 Å². The number of rotatable bonds is 2. The summed E-state index contributed by atoms with van der Waals surface area (Å²) >= 11 is 0. The van der Waals surface area contributed by atoms with Crippen LogP contribution in [0.1, 0.15) is 12.6 Å². The van der Waals surface area contributed by atoms with Crippen molar-refractivity contribution in [2.45, 2.75) is 12.5 Å². The number of aromatic amines is 1. The third kappa shape index (κ3) is 1.41. The highest BCUT2D eigenvalue weighted by Gasteiger charge is 2.21. The minimum atomic E-state index is -0.695. The molecule has 1 aromatic heterocycles. The fraction of sp³-hybridized carbons (Fsp3) is 0.273. The van der Waals surface area contributed by atoms with Crippen LogP contribution in [-0.2, 0) is 5.54 Å². The fourth-order valence-corrected chi connectivity index (χ4v) is 1.47. The van der Waals surface area contributed by atoms with E-state index in [1.54, 1.807) is 6.92 Å². The minimum Gasteiger partial charge on any atom is -0.394 e. The maximum atomic E-state index is 9.13. The number of fused-ring (bicyclic) bond motifs is 1. The molecule has 0 radical (unpaired) electrons.